The quantitative estimate of drug-likeness (QED) is 0.673. The molecule has 5 nitrogen and oxygen atoms in total. The van der Waals surface area contributed by atoms with Crippen LogP contribution in [0.25, 0.3) is 0 Å². The summed E-state index contributed by atoms with van der Waals surface area (Å²) < 4.78 is 1.37. The van der Waals surface area contributed by atoms with Crippen molar-refractivity contribution in [2.45, 2.75) is 17.3 Å². The molecule has 0 saturated carbocycles. The van der Waals surface area contributed by atoms with Gasteiger partial charge in [-0.25, -0.2) is 4.68 Å². The van der Waals surface area contributed by atoms with E-state index in [0.29, 0.717) is 5.69 Å². The van der Waals surface area contributed by atoms with Gasteiger partial charge in [-0.3, -0.25) is 5.41 Å². The normalized spacial score (nSPS) is 11.2. The average molecular weight is 374 g/mol. The van der Waals surface area contributed by atoms with Gasteiger partial charge in [0.1, 0.15) is 10.5 Å². The Morgan fingerprint density at radius 1 is 0.960 bits per heavy atom. The van der Waals surface area contributed by atoms with Crippen LogP contribution in [0.5, 0.6) is 0 Å². The Morgan fingerprint density at radius 3 is 1.96 bits per heavy atom. The molecule has 0 spiro atoms. The van der Waals surface area contributed by atoms with E-state index in [2.05, 4.69) is 10.1 Å². The lowest BCUT2D eigenvalue weighted by Crippen LogP contribution is -2.31. The minimum Gasteiger partial charge on any atom is -0.382 e. The van der Waals surface area contributed by atoms with Crippen molar-refractivity contribution in [2.75, 3.05) is 5.73 Å². The summed E-state index contributed by atoms with van der Waals surface area (Å²) in [5.74, 6) is 0.0190. The largest absolute Gasteiger partial charge is 0.382 e. The molecule has 0 atom stereocenters. The molecule has 0 bridgehead atoms. The molecule has 3 N–H and O–H groups in total. The van der Waals surface area contributed by atoms with Gasteiger partial charge in [-0.05, 0) is 11.1 Å². The van der Waals surface area contributed by atoms with Crippen molar-refractivity contribution in [3.63, 3.8) is 0 Å². The number of nitrogens with zero attached hydrogens (tertiary/aromatic N) is 3. The van der Waals surface area contributed by atoms with E-state index in [4.69, 9.17) is 34.3 Å². The van der Waals surface area contributed by atoms with Crippen LogP contribution in [-0.4, -0.2) is 19.6 Å². The van der Waals surface area contributed by atoms with Crippen LogP contribution in [0.15, 0.2) is 60.7 Å². The first-order chi connectivity index (χ1) is 12.1. The topological polar surface area (TPSA) is 80.6 Å². The number of anilines is 1. The Kier molecular flexibility index (Phi) is 5.36. The van der Waals surface area contributed by atoms with Gasteiger partial charge in [-0.1, -0.05) is 60.7 Å². The van der Waals surface area contributed by atoms with Crippen LogP contribution in [0.4, 0.5) is 5.82 Å². The van der Waals surface area contributed by atoms with E-state index in [-0.39, 0.29) is 23.9 Å². The predicted octanol–water partition coefficient (Wildman–Crippen LogP) is 3.32. The van der Waals surface area contributed by atoms with Crippen LogP contribution in [0.1, 0.15) is 22.7 Å². The molecular formula is C18H17Cl2N5. The fourth-order valence-electron chi connectivity index (χ4n) is 2.72. The number of nitrogen functional groups attached to an aromatic ring is 1. The second-order valence-electron chi connectivity index (χ2n) is 5.53. The van der Waals surface area contributed by atoms with Gasteiger partial charge in [0.05, 0.1) is 12.5 Å². The van der Waals surface area contributed by atoms with E-state index < -0.39 is 4.84 Å². The molecule has 0 saturated heterocycles. The van der Waals surface area contributed by atoms with Crippen LogP contribution in [0.3, 0.4) is 0 Å². The number of hydrogen-bond acceptors (Lipinski definition) is 4. The molecular weight excluding hydrogens is 357 g/mol. The minimum atomic E-state index is -0.688. The first-order valence-corrected chi connectivity index (χ1v) is 8.60. The second kappa shape index (κ2) is 7.68. The maximum absolute atomic E-state index is 7.94. The third-order valence-corrected chi connectivity index (χ3v) is 4.09. The van der Waals surface area contributed by atoms with Crippen LogP contribution < -0.4 is 11.4 Å². The Balaban J connectivity index is 2.19. The highest BCUT2D eigenvalue weighted by Gasteiger charge is 2.22. The van der Waals surface area contributed by atoms with Gasteiger partial charge in [0, 0.05) is 0 Å². The molecule has 0 unspecified atom stereocenters. The fraction of sp³-hybridized carbons (Fsp3) is 0.167. The number of benzene rings is 2. The highest BCUT2D eigenvalue weighted by atomic mass is 35.5. The van der Waals surface area contributed by atoms with Crippen LogP contribution in [0.2, 0.25) is 0 Å². The van der Waals surface area contributed by atoms with E-state index >= 15 is 0 Å². The Morgan fingerprint density at radius 2 is 1.48 bits per heavy atom. The first-order valence-electron chi connectivity index (χ1n) is 7.73. The van der Waals surface area contributed by atoms with Crippen molar-refractivity contribution in [3.05, 3.63) is 83.1 Å². The Hall–Kier alpha value is -2.37. The molecule has 0 amide bonds. The van der Waals surface area contributed by atoms with Crippen molar-refractivity contribution >= 4 is 29.0 Å². The maximum Gasteiger partial charge on any atom is 0.240 e. The van der Waals surface area contributed by atoms with Crippen LogP contribution in [-0.2, 0) is 6.54 Å². The molecule has 0 fully saturated rings. The van der Waals surface area contributed by atoms with Crippen LogP contribution >= 0.6 is 23.2 Å². The van der Waals surface area contributed by atoms with Crippen molar-refractivity contribution in [3.8, 4) is 0 Å². The number of aromatic nitrogens is 3. The number of alkyl halides is 2. The van der Waals surface area contributed by atoms with Gasteiger partial charge in [-0.2, -0.15) is 10.1 Å². The van der Waals surface area contributed by atoms with E-state index in [0.717, 1.165) is 11.1 Å². The fourth-order valence-corrected chi connectivity index (χ4v) is 2.98. The molecule has 2 aromatic carbocycles. The third-order valence-electron chi connectivity index (χ3n) is 3.81. The second-order valence-corrected chi connectivity index (χ2v) is 6.81. The monoisotopic (exact) mass is 373 g/mol. The molecule has 0 radical (unpaired) electrons. The van der Waals surface area contributed by atoms with Gasteiger partial charge < -0.3 is 5.73 Å². The number of rotatable bonds is 5. The summed E-state index contributed by atoms with van der Waals surface area (Å²) in [6.45, 7) is 0.165. The average Bonchev–Trinajstić information content (AvgIpc) is 2.60. The summed E-state index contributed by atoms with van der Waals surface area (Å²) in [4.78, 5) is 3.44. The summed E-state index contributed by atoms with van der Waals surface area (Å²) in [7, 11) is 0. The Labute approximate surface area is 155 Å². The van der Waals surface area contributed by atoms with E-state index in [1.807, 2.05) is 60.7 Å². The summed E-state index contributed by atoms with van der Waals surface area (Å²) in [5.41, 5.74) is 8.69. The highest BCUT2D eigenvalue weighted by Crippen LogP contribution is 2.32. The summed E-state index contributed by atoms with van der Waals surface area (Å²) in [5, 5.41) is 12.5. The number of hydrogen-bond donors (Lipinski definition) is 2. The number of nitrogens with one attached hydrogen (secondary N) is 1. The number of halogens is 2. The van der Waals surface area contributed by atoms with E-state index in [1.165, 1.54) is 4.68 Å². The lowest BCUT2D eigenvalue weighted by Gasteiger charge is -2.20. The first kappa shape index (κ1) is 17.5. The SMILES string of the molecule is N=c1nc(N)c(C(c2ccccc2)c2ccccc2)nn1CC(Cl)Cl. The summed E-state index contributed by atoms with van der Waals surface area (Å²) in [6.07, 6.45) is 0. The molecule has 0 aliphatic carbocycles. The highest BCUT2D eigenvalue weighted by molar-refractivity contribution is 6.44. The van der Waals surface area contributed by atoms with Gasteiger partial charge in [-0.15, -0.1) is 23.2 Å². The lowest BCUT2D eigenvalue weighted by molar-refractivity contribution is 0.547. The zero-order chi connectivity index (χ0) is 17.8. The van der Waals surface area contributed by atoms with Gasteiger partial charge in [0.15, 0.2) is 5.82 Å². The van der Waals surface area contributed by atoms with Gasteiger partial charge in [0.25, 0.3) is 0 Å². The smallest absolute Gasteiger partial charge is 0.240 e. The minimum absolute atomic E-state index is 0.0765. The standard InChI is InChI=1S/C18H17Cl2N5/c19-14(20)11-25-18(22)23-17(21)16(24-25)15(12-7-3-1-4-8-12)13-9-5-2-6-10-13/h1-10,14-15H,11H2,(H3,21,22,23). The molecule has 3 aromatic rings. The molecule has 3 rings (SSSR count). The van der Waals surface area contributed by atoms with Gasteiger partial charge in [0.2, 0.25) is 5.62 Å². The summed E-state index contributed by atoms with van der Waals surface area (Å²) >= 11 is 11.7. The molecule has 1 aromatic heterocycles. The summed E-state index contributed by atoms with van der Waals surface area (Å²) in [6, 6.07) is 19.9. The van der Waals surface area contributed by atoms with Crippen LogP contribution in [0, 0.1) is 5.41 Å². The lowest BCUT2D eigenvalue weighted by atomic mass is 9.88. The zero-order valence-electron chi connectivity index (χ0n) is 13.3. The van der Waals surface area contributed by atoms with Gasteiger partial charge >= 0.3 is 0 Å². The van der Waals surface area contributed by atoms with Crippen molar-refractivity contribution in [1.82, 2.24) is 14.8 Å². The Bertz CT molecular complexity index is 855. The molecule has 1 heterocycles. The van der Waals surface area contributed by atoms with E-state index in [1.54, 1.807) is 0 Å². The zero-order valence-corrected chi connectivity index (χ0v) is 14.8. The molecule has 25 heavy (non-hydrogen) atoms. The number of nitrogens with two attached hydrogens (primary N) is 1. The molecule has 0 aliphatic rings. The molecule has 0 aliphatic heterocycles. The van der Waals surface area contributed by atoms with E-state index in [9.17, 15) is 0 Å². The maximum atomic E-state index is 7.94. The van der Waals surface area contributed by atoms with Crippen molar-refractivity contribution in [1.29, 1.82) is 5.41 Å². The molecule has 7 heteroatoms. The molecule has 128 valence electrons. The third kappa shape index (κ3) is 4.00. The predicted molar refractivity (Wildman–Crippen MR) is 99.6 cm³/mol. The van der Waals surface area contributed by atoms with Crippen molar-refractivity contribution < 1.29 is 0 Å². The van der Waals surface area contributed by atoms with Crippen molar-refractivity contribution in [2.24, 2.45) is 0 Å².